The molecule has 1 rings (SSSR count). The van der Waals surface area contributed by atoms with Crippen LogP contribution in [-0.4, -0.2) is 24.2 Å². The molecule has 0 amide bonds. The molecule has 0 bridgehead atoms. The lowest BCUT2D eigenvalue weighted by molar-refractivity contribution is 0.460. The molecular weight excluding hydrogens is 256 g/mol. The Hall–Kier alpha value is -0.200. The van der Waals surface area contributed by atoms with Crippen molar-refractivity contribution < 1.29 is 8.42 Å². The molecule has 0 aromatic heterocycles. The Morgan fingerprint density at radius 2 is 1.82 bits per heavy atom. The summed E-state index contributed by atoms with van der Waals surface area (Å²) in [6, 6.07) is 0. The van der Waals surface area contributed by atoms with E-state index in [9.17, 15) is 8.42 Å². The van der Waals surface area contributed by atoms with Crippen molar-refractivity contribution in [2.45, 2.75) is 63.2 Å². The Balaban J connectivity index is 2.89. The van der Waals surface area contributed by atoms with Gasteiger partial charge in [0.05, 0.1) is 15.8 Å². The minimum atomic E-state index is -3.30. The van der Waals surface area contributed by atoms with Crippen molar-refractivity contribution in [3.8, 4) is 0 Å². The van der Waals surface area contributed by atoms with E-state index in [2.05, 4.69) is 4.72 Å². The van der Waals surface area contributed by atoms with Crippen molar-refractivity contribution in [1.82, 2.24) is 4.72 Å². The summed E-state index contributed by atoms with van der Waals surface area (Å²) in [6.45, 7) is 3.81. The summed E-state index contributed by atoms with van der Waals surface area (Å²) in [7, 11) is -3.30. The predicted octanol–water partition coefficient (Wildman–Crippen LogP) is 1.69. The Morgan fingerprint density at radius 1 is 1.35 bits per heavy atom. The first-order chi connectivity index (χ1) is 7.88. The van der Waals surface area contributed by atoms with E-state index in [1.165, 1.54) is 0 Å². The molecular formula is C11H22N2O2S2. The van der Waals surface area contributed by atoms with Gasteiger partial charge < -0.3 is 5.73 Å². The third kappa shape index (κ3) is 3.17. The SMILES string of the molecule is CCC(CC)(NS(=O)(=O)C1CCCC1)C(N)=S. The number of hydrogen-bond acceptors (Lipinski definition) is 3. The lowest BCUT2D eigenvalue weighted by Gasteiger charge is -2.32. The molecule has 1 fully saturated rings. The Morgan fingerprint density at radius 3 is 2.18 bits per heavy atom. The van der Waals surface area contributed by atoms with E-state index in [-0.39, 0.29) is 10.2 Å². The van der Waals surface area contributed by atoms with Gasteiger partial charge in [0.15, 0.2) is 0 Å². The maximum atomic E-state index is 12.2. The van der Waals surface area contributed by atoms with E-state index in [1.807, 2.05) is 13.8 Å². The van der Waals surface area contributed by atoms with E-state index in [1.54, 1.807) is 0 Å². The molecule has 4 nitrogen and oxygen atoms in total. The molecule has 100 valence electrons. The van der Waals surface area contributed by atoms with Gasteiger partial charge in [-0.1, -0.05) is 38.9 Å². The van der Waals surface area contributed by atoms with Gasteiger partial charge in [0.2, 0.25) is 10.0 Å². The highest BCUT2D eigenvalue weighted by atomic mass is 32.2. The van der Waals surface area contributed by atoms with Gasteiger partial charge in [-0.3, -0.25) is 0 Å². The highest BCUT2D eigenvalue weighted by Gasteiger charge is 2.38. The van der Waals surface area contributed by atoms with Gasteiger partial charge in [0.1, 0.15) is 0 Å². The van der Waals surface area contributed by atoms with Crippen LogP contribution in [0.15, 0.2) is 0 Å². The van der Waals surface area contributed by atoms with Crippen molar-refractivity contribution >= 4 is 27.2 Å². The van der Waals surface area contributed by atoms with Crippen molar-refractivity contribution in [2.24, 2.45) is 5.73 Å². The van der Waals surface area contributed by atoms with Crippen LogP contribution in [0.1, 0.15) is 52.4 Å². The summed E-state index contributed by atoms with van der Waals surface area (Å²) in [5.41, 5.74) is 4.95. The molecule has 0 saturated heterocycles. The minimum Gasteiger partial charge on any atom is -0.392 e. The van der Waals surface area contributed by atoms with Crippen molar-refractivity contribution in [2.75, 3.05) is 0 Å². The van der Waals surface area contributed by atoms with Crippen LogP contribution in [0.2, 0.25) is 0 Å². The predicted molar refractivity (Wildman–Crippen MR) is 74.4 cm³/mol. The molecule has 0 unspecified atom stereocenters. The molecule has 17 heavy (non-hydrogen) atoms. The van der Waals surface area contributed by atoms with Gasteiger partial charge in [0.25, 0.3) is 0 Å². The number of nitrogens with one attached hydrogen (secondary N) is 1. The fraction of sp³-hybridized carbons (Fsp3) is 0.909. The average molecular weight is 278 g/mol. The molecule has 0 spiro atoms. The second kappa shape index (κ2) is 5.63. The summed E-state index contributed by atoms with van der Waals surface area (Å²) in [4.78, 5) is 0.240. The minimum absolute atomic E-state index is 0.240. The maximum Gasteiger partial charge on any atom is 0.215 e. The fourth-order valence-electron chi connectivity index (χ4n) is 2.35. The van der Waals surface area contributed by atoms with Gasteiger partial charge in [0, 0.05) is 0 Å². The first-order valence-electron chi connectivity index (χ1n) is 6.20. The summed E-state index contributed by atoms with van der Waals surface area (Å²) < 4.78 is 27.2. The smallest absolute Gasteiger partial charge is 0.215 e. The van der Waals surface area contributed by atoms with Crippen molar-refractivity contribution in [1.29, 1.82) is 0 Å². The lowest BCUT2D eigenvalue weighted by atomic mass is 9.94. The normalized spacial score (nSPS) is 18.5. The standard InChI is InChI=1S/C11H22N2O2S2/c1-3-11(4-2,10(12)16)13-17(14,15)9-7-5-6-8-9/h9,13H,3-8H2,1-2H3,(H2,12,16). The number of sulfonamides is 1. The summed E-state index contributed by atoms with van der Waals surface area (Å²) in [5.74, 6) is 0. The molecule has 1 aliphatic rings. The molecule has 0 radical (unpaired) electrons. The highest BCUT2D eigenvalue weighted by molar-refractivity contribution is 7.90. The summed E-state index contributed by atoms with van der Waals surface area (Å²) in [6.07, 6.45) is 4.65. The van der Waals surface area contributed by atoms with Gasteiger partial charge in [-0.15, -0.1) is 0 Å². The number of rotatable bonds is 6. The average Bonchev–Trinajstić information content (AvgIpc) is 2.79. The molecule has 0 aromatic carbocycles. The van der Waals surface area contributed by atoms with Crippen LogP contribution in [0.3, 0.4) is 0 Å². The zero-order valence-electron chi connectivity index (χ0n) is 10.5. The number of thiocarbonyl (C=S) groups is 1. The highest BCUT2D eigenvalue weighted by Crippen LogP contribution is 2.27. The van der Waals surface area contributed by atoms with Gasteiger partial charge >= 0.3 is 0 Å². The second-order valence-corrected chi connectivity index (χ2v) is 7.11. The number of nitrogens with two attached hydrogens (primary N) is 1. The van der Waals surface area contributed by atoms with Crippen LogP contribution in [0.5, 0.6) is 0 Å². The quantitative estimate of drug-likeness (QED) is 0.725. The molecule has 0 aromatic rings. The molecule has 3 N–H and O–H groups in total. The van der Waals surface area contributed by atoms with Gasteiger partial charge in [-0.2, -0.15) is 0 Å². The Labute approximate surface area is 109 Å². The van der Waals surface area contributed by atoms with E-state index in [0.29, 0.717) is 12.8 Å². The van der Waals surface area contributed by atoms with Crippen LogP contribution in [0, 0.1) is 0 Å². The third-order valence-corrected chi connectivity index (χ3v) is 6.17. The molecule has 1 aliphatic carbocycles. The number of hydrogen-bond donors (Lipinski definition) is 2. The van der Waals surface area contributed by atoms with Crippen LogP contribution < -0.4 is 10.5 Å². The van der Waals surface area contributed by atoms with Crippen LogP contribution in [-0.2, 0) is 10.0 Å². The second-order valence-electron chi connectivity index (χ2n) is 4.71. The largest absolute Gasteiger partial charge is 0.392 e. The van der Waals surface area contributed by atoms with E-state index >= 15 is 0 Å². The van der Waals surface area contributed by atoms with Crippen LogP contribution in [0.25, 0.3) is 0 Å². The van der Waals surface area contributed by atoms with Crippen molar-refractivity contribution in [3.05, 3.63) is 0 Å². The van der Waals surface area contributed by atoms with Crippen LogP contribution >= 0.6 is 12.2 Å². The molecule has 0 aliphatic heterocycles. The fourth-order valence-corrected chi connectivity index (χ4v) is 4.82. The first-order valence-corrected chi connectivity index (χ1v) is 8.16. The third-order valence-electron chi connectivity index (χ3n) is 3.76. The molecule has 1 saturated carbocycles. The summed E-state index contributed by atoms with van der Waals surface area (Å²) >= 11 is 5.02. The molecule has 6 heteroatoms. The van der Waals surface area contributed by atoms with E-state index < -0.39 is 15.6 Å². The maximum absolute atomic E-state index is 12.2. The zero-order chi connectivity index (χ0) is 13.1. The first kappa shape index (κ1) is 14.9. The Kier molecular flexibility index (Phi) is 4.92. The zero-order valence-corrected chi connectivity index (χ0v) is 12.2. The van der Waals surface area contributed by atoms with E-state index in [0.717, 1.165) is 25.7 Å². The summed E-state index contributed by atoms with van der Waals surface area (Å²) in [5, 5.41) is -0.269. The molecule has 0 heterocycles. The van der Waals surface area contributed by atoms with E-state index in [4.69, 9.17) is 18.0 Å². The van der Waals surface area contributed by atoms with Gasteiger partial charge in [-0.25, -0.2) is 13.1 Å². The monoisotopic (exact) mass is 278 g/mol. The van der Waals surface area contributed by atoms with Gasteiger partial charge in [-0.05, 0) is 25.7 Å². The Bertz CT molecular complexity index is 369. The van der Waals surface area contributed by atoms with Crippen molar-refractivity contribution in [3.63, 3.8) is 0 Å². The topological polar surface area (TPSA) is 72.2 Å². The lowest BCUT2D eigenvalue weighted by Crippen LogP contribution is -2.57. The van der Waals surface area contributed by atoms with Crippen LogP contribution in [0.4, 0.5) is 0 Å². The molecule has 0 atom stereocenters.